The lowest BCUT2D eigenvalue weighted by Gasteiger charge is -1.85. The molecule has 1 N–H and O–H groups in total. The number of para-hydroxylation sites is 3. The molecule has 0 radical (unpaired) electrons. The molecule has 0 saturated heterocycles. The van der Waals surface area contributed by atoms with E-state index in [0.717, 1.165) is 11.2 Å². The van der Waals surface area contributed by atoms with Gasteiger partial charge in [0.2, 0.25) is 0 Å². The molecule has 1 heterocycles. The van der Waals surface area contributed by atoms with Crippen LogP contribution in [0.1, 0.15) is 0 Å². The molecule has 0 saturated carbocycles. The van der Waals surface area contributed by atoms with Crippen molar-refractivity contribution >= 4 is 21.9 Å². The Bertz CT molecular complexity index is 766. The van der Waals surface area contributed by atoms with Gasteiger partial charge in [0.15, 0.2) is 0 Å². The standard InChI is InChI=1S/C12H8O.C6H6O/c1-3-7-11-9(5-1)10-6-2-4-8-12(10)13-11;7-6-4-2-1-3-5-6/h1-8H;1-5,7H. The summed E-state index contributed by atoms with van der Waals surface area (Å²) in [5.41, 5.74) is 1.92. The summed E-state index contributed by atoms with van der Waals surface area (Å²) in [4.78, 5) is 0. The molecule has 20 heavy (non-hydrogen) atoms. The second-order valence-electron chi connectivity index (χ2n) is 4.43. The van der Waals surface area contributed by atoms with Crippen LogP contribution in [-0.4, -0.2) is 5.11 Å². The first-order chi connectivity index (χ1) is 9.84. The fourth-order valence-corrected chi connectivity index (χ4v) is 2.10. The summed E-state index contributed by atoms with van der Waals surface area (Å²) < 4.78 is 5.65. The zero-order valence-corrected chi connectivity index (χ0v) is 10.9. The van der Waals surface area contributed by atoms with Crippen LogP contribution < -0.4 is 0 Å². The second kappa shape index (κ2) is 5.49. The summed E-state index contributed by atoms with van der Waals surface area (Å²) in [5.74, 6) is 0.322. The van der Waals surface area contributed by atoms with Gasteiger partial charge < -0.3 is 9.52 Å². The Morgan fingerprint density at radius 1 is 0.550 bits per heavy atom. The first-order valence-electron chi connectivity index (χ1n) is 6.45. The van der Waals surface area contributed by atoms with Crippen molar-refractivity contribution in [3.8, 4) is 5.75 Å². The van der Waals surface area contributed by atoms with Crippen molar-refractivity contribution in [2.45, 2.75) is 0 Å². The van der Waals surface area contributed by atoms with E-state index in [2.05, 4.69) is 12.1 Å². The largest absolute Gasteiger partial charge is 0.508 e. The second-order valence-corrected chi connectivity index (χ2v) is 4.43. The van der Waals surface area contributed by atoms with E-state index in [1.807, 2.05) is 42.5 Å². The van der Waals surface area contributed by atoms with E-state index in [1.165, 1.54) is 10.8 Å². The van der Waals surface area contributed by atoms with Crippen molar-refractivity contribution in [2.75, 3.05) is 0 Å². The van der Waals surface area contributed by atoms with E-state index in [9.17, 15) is 0 Å². The number of furan rings is 1. The van der Waals surface area contributed by atoms with Crippen molar-refractivity contribution in [3.63, 3.8) is 0 Å². The Balaban J connectivity index is 0.000000147. The van der Waals surface area contributed by atoms with Gasteiger partial charge in [0.05, 0.1) is 0 Å². The van der Waals surface area contributed by atoms with Crippen LogP contribution in [0.2, 0.25) is 0 Å². The molecule has 0 aliphatic carbocycles. The molecule has 0 spiro atoms. The van der Waals surface area contributed by atoms with Crippen LogP contribution in [0.15, 0.2) is 83.3 Å². The number of hydrogen-bond acceptors (Lipinski definition) is 2. The Labute approximate surface area is 116 Å². The first-order valence-corrected chi connectivity index (χ1v) is 6.45. The smallest absolute Gasteiger partial charge is 0.135 e. The average molecular weight is 262 g/mol. The summed E-state index contributed by atoms with van der Waals surface area (Å²) in [6.07, 6.45) is 0. The number of aromatic hydroxyl groups is 1. The van der Waals surface area contributed by atoms with E-state index in [0.29, 0.717) is 5.75 Å². The molecule has 0 atom stereocenters. The summed E-state index contributed by atoms with van der Waals surface area (Å²) in [6.45, 7) is 0. The molecule has 98 valence electrons. The molecule has 2 heteroatoms. The Kier molecular flexibility index (Phi) is 3.38. The quantitative estimate of drug-likeness (QED) is 0.485. The van der Waals surface area contributed by atoms with Gasteiger partial charge in [-0.05, 0) is 24.3 Å². The third kappa shape index (κ3) is 2.50. The minimum atomic E-state index is 0.322. The molecule has 3 aromatic carbocycles. The lowest BCUT2D eigenvalue weighted by atomic mass is 10.2. The summed E-state index contributed by atoms with van der Waals surface area (Å²) in [7, 11) is 0. The normalized spacial score (nSPS) is 10.2. The number of phenols is 1. The van der Waals surface area contributed by atoms with Gasteiger partial charge in [-0.3, -0.25) is 0 Å². The van der Waals surface area contributed by atoms with E-state index in [1.54, 1.807) is 24.3 Å². The van der Waals surface area contributed by atoms with Crippen LogP contribution in [0.4, 0.5) is 0 Å². The zero-order chi connectivity index (χ0) is 13.8. The van der Waals surface area contributed by atoms with Crippen molar-refractivity contribution in [2.24, 2.45) is 0 Å². The summed E-state index contributed by atoms with van der Waals surface area (Å²) in [6, 6.07) is 24.9. The molecule has 0 aliphatic rings. The third-order valence-corrected chi connectivity index (χ3v) is 3.04. The highest BCUT2D eigenvalue weighted by Gasteiger charge is 2.03. The molecule has 2 nitrogen and oxygen atoms in total. The maximum absolute atomic E-state index is 8.63. The van der Waals surface area contributed by atoms with Gasteiger partial charge in [-0.15, -0.1) is 0 Å². The molecule has 0 bridgehead atoms. The molecular formula is C18H14O2. The number of fused-ring (bicyclic) bond motifs is 3. The van der Waals surface area contributed by atoms with Gasteiger partial charge in [-0.25, -0.2) is 0 Å². The minimum absolute atomic E-state index is 0.322. The van der Waals surface area contributed by atoms with Crippen LogP contribution in [0.25, 0.3) is 21.9 Å². The Morgan fingerprint density at radius 3 is 1.45 bits per heavy atom. The molecule has 1 aromatic heterocycles. The molecule has 0 fully saturated rings. The number of hydrogen-bond donors (Lipinski definition) is 1. The van der Waals surface area contributed by atoms with Crippen molar-refractivity contribution < 1.29 is 9.52 Å². The summed E-state index contributed by atoms with van der Waals surface area (Å²) in [5, 5.41) is 11.0. The SMILES string of the molecule is Oc1ccccc1.c1ccc2c(c1)oc1ccccc12. The molecular weight excluding hydrogens is 248 g/mol. The Morgan fingerprint density at radius 2 is 1.00 bits per heavy atom. The van der Waals surface area contributed by atoms with Gasteiger partial charge in [-0.2, -0.15) is 0 Å². The highest BCUT2D eigenvalue weighted by Crippen LogP contribution is 2.27. The number of phenolic OH excluding ortho intramolecular Hbond substituents is 1. The van der Waals surface area contributed by atoms with E-state index in [4.69, 9.17) is 9.52 Å². The van der Waals surface area contributed by atoms with Crippen LogP contribution in [-0.2, 0) is 0 Å². The molecule has 0 aliphatic heterocycles. The van der Waals surface area contributed by atoms with Gasteiger partial charge in [-0.1, -0.05) is 54.6 Å². The highest BCUT2D eigenvalue weighted by molar-refractivity contribution is 6.04. The summed E-state index contributed by atoms with van der Waals surface area (Å²) >= 11 is 0. The Hall–Kier alpha value is -2.74. The predicted octanol–water partition coefficient (Wildman–Crippen LogP) is 4.98. The molecule has 0 unspecified atom stereocenters. The van der Waals surface area contributed by atoms with Crippen LogP contribution in [0, 0.1) is 0 Å². The van der Waals surface area contributed by atoms with Gasteiger partial charge in [0, 0.05) is 10.8 Å². The van der Waals surface area contributed by atoms with Gasteiger partial charge in [0.25, 0.3) is 0 Å². The fourth-order valence-electron chi connectivity index (χ4n) is 2.10. The van der Waals surface area contributed by atoms with E-state index < -0.39 is 0 Å². The minimum Gasteiger partial charge on any atom is -0.508 e. The maximum Gasteiger partial charge on any atom is 0.135 e. The fraction of sp³-hybridized carbons (Fsp3) is 0. The predicted molar refractivity (Wildman–Crippen MR) is 81.8 cm³/mol. The lowest BCUT2D eigenvalue weighted by Crippen LogP contribution is -1.62. The highest BCUT2D eigenvalue weighted by atomic mass is 16.3. The first kappa shape index (κ1) is 12.3. The molecule has 0 amide bonds. The van der Waals surface area contributed by atoms with E-state index >= 15 is 0 Å². The van der Waals surface area contributed by atoms with E-state index in [-0.39, 0.29) is 0 Å². The average Bonchev–Trinajstić information content (AvgIpc) is 2.87. The van der Waals surface area contributed by atoms with Gasteiger partial charge in [0.1, 0.15) is 16.9 Å². The number of benzene rings is 3. The van der Waals surface area contributed by atoms with Crippen LogP contribution in [0.5, 0.6) is 5.75 Å². The van der Waals surface area contributed by atoms with Crippen LogP contribution >= 0.6 is 0 Å². The van der Waals surface area contributed by atoms with Crippen molar-refractivity contribution in [1.29, 1.82) is 0 Å². The maximum atomic E-state index is 8.63. The molecule has 4 rings (SSSR count). The number of rotatable bonds is 0. The van der Waals surface area contributed by atoms with Crippen LogP contribution in [0.3, 0.4) is 0 Å². The zero-order valence-electron chi connectivity index (χ0n) is 10.9. The monoisotopic (exact) mass is 262 g/mol. The van der Waals surface area contributed by atoms with Crippen molar-refractivity contribution in [3.05, 3.63) is 78.9 Å². The topological polar surface area (TPSA) is 33.4 Å². The van der Waals surface area contributed by atoms with Crippen molar-refractivity contribution in [1.82, 2.24) is 0 Å². The van der Waals surface area contributed by atoms with Gasteiger partial charge >= 0.3 is 0 Å². The third-order valence-electron chi connectivity index (χ3n) is 3.04. The molecule has 4 aromatic rings. The lowest BCUT2D eigenvalue weighted by molar-refractivity contribution is 0.475.